The van der Waals surface area contributed by atoms with Crippen molar-refractivity contribution in [2.24, 2.45) is 0 Å². The van der Waals surface area contributed by atoms with Crippen molar-refractivity contribution in [3.8, 4) is 0 Å². The summed E-state index contributed by atoms with van der Waals surface area (Å²) in [6.45, 7) is 19.7. The van der Waals surface area contributed by atoms with Crippen molar-refractivity contribution in [3.63, 3.8) is 0 Å². The maximum absolute atomic E-state index is 13.0. The maximum atomic E-state index is 13.0. The van der Waals surface area contributed by atoms with Crippen LogP contribution in [-0.4, -0.2) is 47.8 Å². The Morgan fingerprint density at radius 2 is 2.11 bits per heavy atom. The number of thiazole rings is 1. The highest BCUT2D eigenvalue weighted by Gasteiger charge is 2.54. The number of nitrogens with zero attached hydrogens (tertiary/aromatic N) is 2. The van der Waals surface area contributed by atoms with Crippen LogP contribution < -0.4 is 0 Å². The average molecular weight is 427 g/mol. The largest absolute Gasteiger partial charge is 0.444 e. The summed E-state index contributed by atoms with van der Waals surface area (Å²) in [7, 11) is -1.90. The van der Waals surface area contributed by atoms with Crippen molar-refractivity contribution in [1.82, 2.24) is 9.88 Å². The highest BCUT2D eigenvalue weighted by atomic mass is 32.1. The highest BCUT2D eigenvalue weighted by molar-refractivity contribution is 7.09. The van der Waals surface area contributed by atoms with E-state index >= 15 is 0 Å². The third-order valence-electron chi connectivity index (χ3n) is 4.19. The van der Waals surface area contributed by atoms with Gasteiger partial charge in [-0.15, -0.1) is 17.9 Å². The van der Waals surface area contributed by atoms with Crippen LogP contribution in [0.5, 0.6) is 0 Å². The van der Waals surface area contributed by atoms with Gasteiger partial charge in [-0.05, 0) is 60.7 Å². The number of amides is 1. The molecule has 1 aromatic heterocycles. The number of hydrogen-bond acceptors (Lipinski definition) is 6. The van der Waals surface area contributed by atoms with Gasteiger partial charge in [0, 0.05) is 11.6 Å². The quantitative estimate of drug-likeness (QED) is 0.453. The highest BCUT2D eigenvalue weighted by Crippen LogP contribution is 2.43. The summed E-state index contributed by atoms with van der Waals surface area (Å²) in [4.78, 5) is 19.2. The summed E-state index contributed by atoms with van der Waals surface area (Å²) >= 11 is 1.54. The van der Waals surface area contributed by atoms with E-state index in [1.807, 2.05) is 46.1 Å². The van der Waals surface area contributed by atoms with E-state index in [1.165, 1.54) is 0 Å². The first-order chi connectivity index (χ1) is 12.7. The first-order valence-corrected chi connectivity index (χ1v) is 13.9. The Labute approximate surface area is 174 Å². The summed E-state index contributed by atoms with van der Waals surface area (Å²) in [5.41, 5.74) is -1.42. The first-order valence-electron chi connectivity index (χ1n) is 9.63. The van der Waals surface area contributed by atoms with E-state index in [0.717, 1.165) is 5.01 Å². The fourth-order valence-electron chi connectivity index (χ4n) is 3.37. The third-order valence-corrected chi connectivity index (χ3v) is 5.99. The van der Waals surface area contributed by atoms with E-state index in [-0.39, 0.29) is 18.2 Å². The Hall–Kier alpha value is -1.22. The van der Waals surface area contributed by atoms with Crippen LogP contribution in [0.15, 0.2) is 24.2 Å². The van der Waals surface area contributed by atoms with Gasteiger partial charge < -0.3 is 13.9 Å². The fourth-order valence-corrected chi connectivity index (χ4v) is 5.16. The molecule has 1 aliphatic heterocycles. The van der Waals surface area contributed by atoms with Gasteiger partial charge in [-0.2, -0.15) is 0 Å². The van der Waals surface area contributed by atoms with Crippen LogP contribution in [0.4, 0.5) is 4.79 Å². The van der Waals surface area contributed by atoms with Crippen LogP contribution in [0.2, 0.25) is 19.6 Å². The molecule has 0 aromatic carbocycles. The van der Waals surface area contributed by atoms with Crippen molar-refractivity contribution < 1.29 is 18.7 Å². The lowest BCUT2D eigenvalue weighted by Crippen LogP contribution is -2.50. The Morgan fingerprint density at radius 1 is 1.46 bits per heavy atom. The molecule has 2 heterocycles. The Bertz CT molecular complexity index is 679. The van der Waals surface area contributed by atoms with Crippen LogP contribution in [0, 0.1) is 0 Å². The zero-order valence-electron chi connectivity index (χ0n) is 18.3. The van der Waals surface area contributed by atoms with Gasteiger partial charge in [0.25, 0.3) is 0 Å². The van der Waals surface area contributed by atoms with Crippen molar-refractivity contribution in [3.05, 3.63) is 29.2 Å². The molecule has 0 saturated carbocycles. The number of aromatic nitrogens is 1. The minimum atomic E-state index is -1.90. The van der Waals surface area contributed by atoms with Crippen LogP contribution in [-0.2, 0) is 13.9 Å². The molecule has 0 bridgehead atoms. The fraction of sp³-hybridized carbons (Fsp3) is 0.700. The minimum absolute atomic E-state index is 0.257. The molecular formula is C20H34N2O4SSi. The Morgan fingerprint density at radius 3 is 2.57 bits per heavy atom. The molecule has 158 valence electrons. The van der Waals surface area contributed by atoms with E-state index in [1.54, 1.807) is 22.4 Å². The molecule has 0 aliphatic carbocycles. The molecule has 0 spiro atoms. The van der Waals surface area contributed by atoms with Gasteiger partial charge in [-0.1, -0.05) is 6.08 Å². The molecule has 1 aromatic rings. The average Bonchev–Trinajstić information content (AvgIpc) is 3.09. The van der Waals surface area contributed by atoms with E-state index in [2.05, 4.69) is 31.2 Å². The van der Waals surface area contributed by atoms with Crippen LogP contribution >= 0.6 is 11.3 Å². The predicted octanol–water partition coefficient (Wildman–Crippen LogP) is 5.35. The normalized spacial score (nSPS) is 23.5. The van der Waals surface area contributed by atoms with E-state index in [0.29, 0.717) is 6.42 Å². The van der Waals surface area contributed by atoms with Gasteiger partial charge in [-0.3, -0.25) is 4.90 Å². The molecule has 6 nitrogen and oxygen atoms in total. The predicted molar refractivity (Wildman–Crippen MR) is 115 cm³/mol. The lowest BCUT2D eigenvalue weighted by Gasteiger charge is -2.35. The van der Waals surface area contributed by atoms with Crippen LogP contribution in [0.3, 0.4) is 0 Å². The number of hydrogen-bond donors (Lipinski definition) is 0. The van der Waals surface area contributed by atoms with Crippen LogP contribution in [0.25, 0.3) is 0 Å². The monoisotopic (exact) mass is 426 g/mol. The third kappa shape index (κ3) is 5.65. The molecule has 3 atom stereocenters. The molecule has 1 amide bonds. The first kappa shape index (κ1) is 23.1. The standard InChI is InChI=1S/C20H34N2O4SSi/c1-10-11-14-15(16(26-28(7,8)9)17-21-12-13-27-17)24-20(5,6)22(14)18(23)25-19(2,3)4/h10,12-16H,1,11H2,2-9H3/t14-,15-,16-/m0/s1. The molecule has 0 unspecified atom stereocenters. The molecular weight excluding hydrogens is 392 g/mol. The summed E-state index contributed by atoms with van der Waals surface area (Å²) in [6.07, 6.45) is 3.06. The molecule has 1 fully saturated rings. The number of carbonyl (C=O) groups is 1. The van der Waals surface area contributed by atoms with Crippen molar-refractivity contribution in [2.75, 3.05) is 0 Å². The molecule has 28 heavy (non-hydrogen) atoms. The smallest absolute Gasteiger partial charge is 0.412 e. The molecule has 8 heteroatoms. The summed E-state index contributed by atoms with van der Waals surface area (Å²) < 4.78 is 18.6. The maximum Gasteiger partial charge on any atom is 0.412 e. The van der Waals surface area contributed by atoms with E-state index < -0.39 is 25.7 Å². The van der Waals surface area contributed by atoms with Gasteiger partial charge in [0.15, 0.2) is 8.32 Å². The molecule has 0 radical (unpaired) electrons. The molecule has 2 rings (SSSR count). The SMILES string of the molecule is C=CC[C@H]1[C@@H]([C@H](O[Si](C)(C)C)c2nccs2)OC(C)(C)N1C(=O)OC(C)(C)C. The van der Waals surface area contributed by atoms with E-state index in [4.69, 9.17) is 13.9 Å². The number of carbonyl (C=O) groups excluding carboxylic acids is 1. The van der Waals surface area contributed by atoms with Gasteiger partial charge in [-0.25, -0.2) is 9.78 Å². The van der Waals surface area contributed by atoms with E-state index in [9.17, 15) is 4.79 Å². The second-order valence-corrected chi connectivity index (χ2v) is 14.9. The molecule has 1 saturated heterocycles. The van der Waals surface area contributed by atoms with Gasteiger partial charge in [0.05, 0.1) is 6.04 Å². The lowest BCUT2D eigenvalue weighted by molar-refractivity contribution is -0.101. The summed E-state index contributed by atoms with van der Waals surface area (Å²) in [6, 6.07) is -0.257. The second-order valence-electron chi connectivity index (χ2n) is 9.49. The zero-order valence-corrected chi connectivity index (χ0v) is 20.1. The number of rotatable bonds is 6. The topological polar surface area (TPSA) is 60.9 Å². The summed E-state index contributed by atoms with van der Waals surface area (Å²) in [5.74, 6) is 0. The second kappa shape index (κ2) is 8.26. The van der Waals surface area contributed by atoms with Crippen molar-refractivity contribution >= 4 is 25.7 Å². The minimum Gasteiger partial charge on any atom is -0.444 e. The van der Waals surface area contributed by atoms with Crippen LogP contribution in [0.1, 0.15) is 52.2 Å². The van der Waals surface area contributed by atoms with Crippen molar-refractivity contribution in [2.45, 2.75) is 90.3 Å². The zero-order chi connectivity index (χ0) is 21.3. The number of ether oxygens (including phenoxy) is 2. The molecule has 1 aliphatic rings. The van der Waals surface area contributed by atoms with Gasteiger partial charge in [0.2, 0.25) is 0 Å². The lowest BCUT2D eigenvalue weighted by atomic mass is 10.0. The molecule has 0 N–H and O–H groups in total. The Kier molecular flexibility index (Phi) is 6.80. The Balaban J connectivity index is 2.43. The van der Waals surface area contributed by atoms with Crippen molar-refractivity contribution in [1.29, 1.82) is 0 Å². The van der Waals surface area contributed by atoms with Gasteiger partial charge in [0.1, 0.15) is 28.5 Å². The summed E-state index contributed by atoms with van der Waals surface area (Å²) in [5, 5.41) is 2.80. The van der Waals surface area contributed by atoms with Gasteiger partial charge >= 0.3 is 6.09 Å².